The summed E-state index contributed by atoms with van der Waals surface area (Å²) in [6, 6.07) is 21.4. The minimum atomic E-state index is -0.534. The van der Waals surface area contributed by atoms with Crippen LogP contribution in [0.4, 0.5) is 5.82 Å². The number of hydrogen-bond donors (Lipinski definition) is 3. The largest absolute Gasteiger partial charge is 0.457 e. The summed E-state index contributed by atoms with van der Waals surface area (Å²) < 4.78 is 12.0. The van der Waals surface area contributed by atoms with Crippen molar-refractivity contribution in [2.75, 3.05) is 25.0 Å². The molecule has 3 N–H and O–H groups in total. The number of likely N-dealkylation sites (tertiary alicyclic amines) is 1. The van der Waals surface area contributed by atoms with Gasteiger partial charge >= 0.3 is 0 Å². The summed E-state index contributed by atoms with van der Waals surface area (Å²) in [5.74, 6) is 1.34. The molecule has 13 heteroatoms. The molecule has 0 saturated carbocycles. The maximum atomic E-state index is 13.9. The van der Waals surface area contributed by atoms with E-state index in [0.717, 1.165) is 55.6 Å². The fourth-order valence-electron chi connectivity index (χ4n) is 8.54. The first-order valence-corrected chi connectivity index (χ1v) is 21.3. The lowest BCUT2D eigenvalue weighted by molar-refractivity contribution is -0.135. The minimum absolute atomic E-state index is 0.0921. The highest BCUT2D eigenvalue weighted by Gasteiger charge is 2.35. The summed E-state index contributed by atoms with van der Waals surface area (Å²) in [6.45, 7) is 8.07. The molecule has 1 amide bonds. The van der Waals surface area contributed by atoms with Crippen LogP contribution in [0.1, 0.15) is 101 Å². The number of halogens is 1. The number of aryl methyl sites for hydroxylation is 3. The maximum absolute atomic E-state index is 13.9. The Labute approximate surface area is 355 Å². The van der Waals surface area contributed by atoms with Crippen molar-refractivity contribution in [2.45, 2.75) is 89.9 Å². The molecule has 310 valence electrons. The monoisotopic (exact) mass is 826 g/mol. The fourth-order valence-corrected chi connectivity index (χ4v) is 8.80. The van der Waals surface area contributed by atoms with E-state index < -0.39 is 6.10 Å². The molecule has 8 rings (SSSR count). The fraction of sp³-hybridized carbons (Fsp3) is 0.362. The van der Waals surface area contributed by atoms with Crippen LogP contribution in [-0.2, 0) is 9.53 Å². The molecular formula is C47H51ClN8O4. The molecule has 0 bridgehead atoms. The summed E-state index contributed by atoms with van der Waals surface area (Å²) in [5, 5.41) is 7.41. The Morgan fingerprint density at radius 3 is 2.23 bits per heavy atom. The number of carbonyl (C=O) groups is 2. The van der Waals surface area contributed by atoms with Crippen LogP contribution < -0.4 is 15.4 Å². The highest BCUT2D eigenvalue weighted by Crippen LogP contribution is 2.42. The molecule has 0 unspecified atom stereocenters. The van der Waals surface area contributed by atoms with Crippen LogP contribution in [0.3, 0.4) is 0 Å². The number of aromatic nitrogens is 5. The van der Waals surface area contributed by atoms with E-state index in [2.05, 4.69) is 56.5 Å². The van der Waals surface area contributed by atoms with Gasteiger partial charge in [-0.25, -0.2) is 9.97 Å². The molecule has 4 aromatic heterocycles. The number of anilines is 1. The molecule has 60 heavy (non-hydrogen) atoms. The number of hydrogen-bond acceptors (Lipinski definition) is 10. The number of amides is 1. The van der Waals surface area contributed by atoms with Crippen LogP contribution in [-0.4, -0.2) is 73.4 Å². The quantitative estimate of drug-likeness (QED) is 0.0718. The number of aromatic amines is 1. The molecule has 2 aliphatic heterocycles. The lowest BCUT2D eigenvalue weighted by atomic mass is 9.88. The number of carbonyl (C=O) groups excluding carboxylic acids is 2. The lowest BCUT2D eigenvalue weighted by Gasteiger charge is -2.42. The average Bonchev–Trinajstić information content (AvgIpc) is 3.70. The number of H-pyrrole nitrogens is 1. The highest BCUT2D eigenvalue weighted by molar-refractivity contribution is 6.35. The van der Waals surface area contributed by atoms with Gasteiger partial charge in [0.05, 0.1) is 52.1 Å². The average molecular weight is 827 g/mol. The van der Waals surface area contributed by atoms with Gasteiger partial charge in [-0.3, -0.25) is 24.5 Å². The summed E-state index contributed by atoms with van der Waals surface area (Å²) in [5.41, 5.74) is 7.09. The molecule has 0 radical (unpaired) electrons. The van der Waals surface area contributed by atoms with Gasteiger partial charge in [0.15, 0.2) is 5.78 Å². The second-order valence-corrected chi connectivity index (χ2v) is 16.3. The number of unbranched alkanes of at least 4 members (excludes halogenated alkanes) is 1. The molecule has 12 nitrogen and oxygen atoms in total. The van der Waals surface area contributed by atoms with Crippen molar-refractivity contribution in [3.05, 3.63) is 136 Å². The van der Waals surface area contributed by atoms with Gasteiger partial charge in [0.25, 0.3) is 0 Å². The van der Waals surface area contributed by atoms with E-state index in [0.29, 0.717) is 65.5 Å². The number of benzene rings is 2. The standard InChI is InChI=1S/C47H51ClN8O4/c1-29-13-16-33(17-14-29)60-34-18-19-35(37(48)25-34)44(57)36-26-52-45-41(36)46(54-28-53-45)55-32-15-20-40(59-27-32)47(58)51-21-4-5-24-56-38(42-30(2)9-7-22-49-42)11-6-12-39(56)43-31(3)10-8-23-50-43/h7-10,13-14,16-19,22-23,25-26,28,32,38-40H,4-6,11-12,15,20-21,24,27H2,1-3H3,(H,51,58)(H2,52,53,54,55)/t32-,38-,39+,40+/m1/s1. The Bertz CT molecular complexity index is 2400. The Hall–Kier alpha value is -5.69. The van der Waals surface area contributed by atoms with Crippen molar-refractivity contribution in [3.63, 3.8) is 0 Å². The number of piperidine rings is 1. The number of fused-ring (bicyclic) bond motifs is 1. The van der Waals surface area contributed by atoms with Crippen LogP contribution in [0, 0.1) is 20.8 Å². The van der Waals surface area contributed by atoms with Gasteiger partial charge < -0.3 is 25.1 Å². The third-order valence-electron chi connectivity index (χ3n) is 11.7. The molecule has 2 aliphatic rings. The number of rotatable bonds is 14. The lowest BCUT2D eigenvalue weighted by Crippen LogP contribution is -2.43. The summed E-state index contributed by atoms with van der Waals surface area (Å²) in [4.78, 5) is 51.4. The minimum Gasteiger partial charge on any atom is -0.457 e. The molecule has 4 atom stereocenters. The molecule has 0 aliphatic carbocycles. The van der Waals surface area contributed by atoms with Crippen molar-refractivity contribution in [1.82, 2.24) is 35.1 Å². The summed E-state index contributed by atoms with van der Waals surface area (Å²) in [7, 11) is 0. The van der Waals surface area contributed by atoms with Gasteiger partial charge in [-0.15, -0.1) is 0 Å². The van der Waals surface area contributed by atoms with Crippen LogP contribution in [0.5, 0.6) is 11.5 Å². The Morgan fingerprint density at radius 2 is 1.57 bits per heavy atom. The van der Waals surface area contributed by atoms with E-state index in [1.807, 2.05) is 55.7 Å². The summed E-state index contributed by atoms with van der Waals surface area (Å²) >= 11 is 6.65. The van der Waals surface area contributed by atoms with Crippen LogP contribution in [0.2, 0.25) is 5.02 Å². The number of nitrogens with one attached hydrogen (secondary N) is 3. The Kier molecular flexibility index (Phi) is 12.8. The zero-order chi connectivity index (χ0) is 41.6. The third kappa shape index (κ3) is 9.21. The molecule has 6 aromatic rings. The maximum Gasteiger partial charge on any atom is 0.249 e. The second kappa shape index (κ2) is 18.7. The number of ketones is 1. The SMILES string of the molecule is Cc1ccc(Oc2ccc(C(=O)c3c[nH]c4ncnc(N[C@@H]5CC[C@@H](C(=O)NCCCCN6[C@@H](c7ncccc7C)CCC[C@H]6c6ncccc6C)OC5)c34)c(Cl)c2)cc1. The van der Waals surface area contributed by atoms with E-state index >= 15 is 0 Å². The van der Waals surface area contributed by atoms with E-state index in [1.165, 1.54) is 17.5 Å². The normalized spacial score (nSPS) is 19.5. The van der Waals surface area contributed by atoms with Crippen molar-refractivity contribution < 1.29 is 19.1 Å². The van der Waals surface area contributed by atoms with Crippen molar-refractivity contribution in [2.24, 2.45) is 0 Å². The highest BCUT2D eigenvalue weighted by atomic mass is 35.5. The van der Waals surface area contributed by atoms with E-state index in [4.69, 9.17) is 31.0 Å². The van der Waals surface area contributed by atoms with Gasteiger partial charge in [0, 0.05) is 36.8 Å². The van der Waals surface area contributed by atoms with Gasteiger partial charge in [-0.1, -0.05) is 41.4 Å². The Balaban J connectivity index is 0.841. The van der Waals surface area contributed by atoms with Crippen LogP contribution in [0.15, 0.2) is 91.6 Å². The smallest absolute Gasteiger partial charge is 0.249 e. The van der Waals surface area contributed by atoms with E-state index in [9.17, 15) is 9.59 Å². The first-order chi connectivity index (χ1) is 29.2. The first kappa shape index (κ1) is 41.1. The van der Waals surface area contributed by atoms with Crippen molar-refractivity contribution in [1.29, 1.82) is 0 Å². The Morgan fingerprint density at radius 1 is 0.850 bits per heavy atom. The van der Waals surface area contributed by atoms with Crippen molar-refractivity contribution >= 4 is 40.1 Å². The van der Waals surface area contributed by atoms with Gasteiger partial charge in [0.1, 0.15) is 35.4 Å². The number of ether oxygens (including phenoxy) is 2. The van der Waals surface area contributed by atoms with E-state index in [-0.39, 0.29) is 34.8 Å². The third-order valence-corrected chi connectivity index (χ3v) is 12.0. The molecule has 0 spiro atoms. The number of pyridine rings is 2. The molecule has 2 aromatic carbocycles. The number of nitrogens with zero attached hydrogens (tertiary/aromatic N) is 5. The predicted molar refractivity (Wildman–Crippen MR) is 233 cm³/mol. The predicted octanol–water partition coefficient (Wildman–Crippen LogP) is 9.17. The molecule has 2 saturated heterocycles. The molecule has 6 heterocycles. The zero-order valence-corrected chi connectivity index (χ0v) is 35.0. The van der Waals surface area contributed by atoms with Gasteiger partial charge in [0.2, 0.25) is 5.91 Å². The second-order valence-electron chi connectivity index (χ2n) is 15.9. The van der Waals surface area contributed by atoms with E-state index in [1.54, 1.807) is 24.4 Å². The van der Waals surface area contributed by atoms with Gasteiger partial charge in [-0.05, 0) is 120 Å². The van der Waals surface area contributed by atoms with Gasteiger partial charge in [-0.2, -0.15) is 0 Å². The topological polar surface area (TPSA) is 147 Å². The molecular weight excluding hydrogens is 776 g/mol. The molecule has 2 fully saturated rings. The summed E-state index contributed by atoms with van der Waals surface area (Å²) in [6.07, 6.45) is 12.6. The first-order valence-electron chi connectivity index (χ1n) is 20.9. The van der Waals surface area contributed by atoms with Crippen LogP contribution >= 0.6 is 11.6 Å². The van der Waals surface area contributed by atoms with Crippen LogP contribution in [0.25, 0.3) is 11.0 Å². The van der Waals surface area contributed by atoms with Crippen molar-refractivity contribution in [3.8, 4) is 11.5 Å². The zero-order valence-electron chi connectivity index (χ0n) is 34.3.